The van der Waals surface area contributed by atoms with Gasteiger partial charge in [-0.05, 0) is 57.2 Å². The number of halogens is 1. The molecule has 0 radical (unpaired) electrons. The fraction of sp³-hybridized carbons (Fsp3) is 0.435. The van der Waals surface area contributed by atoms with Crippen LogP contribution in [0, 0.1) is 5.95 Å². The van der Waals surface area contributed by atoms with Crippen LogP contribution in [-0.2, 0) is 14.6 Å². The van der Waals surface area contributed by atoms with E-state index in [1.54, 1.807) is 17.0 Å². The van der Waals surface area contributed by atoms with E-state index in [1.807, 2.05) is 20.8 Å². The molecular weight excluding hydrogens is 465 g/mol. The zero-order valence-corrected chi connectivity index (χ0v) is 20.3. The summed E-state index contributed by atoms with van der Waals surface area (Å²) in [4.78, 5) is 29.6. The second kappa shape index (κ2) is 9.96. The van der Waals surface area contributed by atoms with E-state index >= 15 is 0 Å². The highest BCUT2D eigenvalue weighted by molar-refractivity contribution is 7.90. The summed E-state index contributed by atoms with van der Waals surface area (Å²) in [6, 6.07) is 8.62. The number of carbonyl (C=O) groups excluding carboxylic acids is 2. The van der Waals surface area contributed by atoms with E-state index in [0.29, 0.717) is 31.7 Å². The summed E-state index contributed by atoms with van der Waals surface area (Å²) in [5.74, 6) is -1.10. The van der Waals surface area contributed by atoms with E-state index in [0.717, 1.165) is 18.4 Å². The molecule has 1 N–H and O–H groups in total. The minimum absolute atomic E-state index is 0.0770. The molecule has 2 amide bonds. The standard InChI is InChI=1S/C23H28FN3O6S/c1-23(2,3)33-22(29)27-13-11-17(12-14-27)32-16-7-5-15(6-8-16)21(28)25-18-9-10-19(26-20(18)24)34(4,30)31/h5-10,17H,11-14H2,1-4H3,(H,25,28). The number of anilines is 1. The first kappa shape index (κ1) is 25.4. The van der Waals surface area contributed by atoms with Crippen LogP contribution in [0.4, 0.5) is 14.9 Å². The van der Waals surface area contributed by atoms with Crippen LogP contribution in [0.1, 0.15) is 44.0 Å². The Bertz CT molecular complexity index is 1150. The Kier molecular flexibility index (Phi) is 7.44. The SMILES string of the molecule is CC(C)(C)OC(=O)N1CCC(Oc2ccc(C(=O)Nc3ccc(S(C)(=O)=O)nc3F)cc2)CC1. The maximum Gasteiger partial charge on any atom is 0.410 e. The van der Waals surface area contributed by atoms with Crippen molar-refractivity contribution in [1.82, 2.24) is 9.88 Å². The second-order valence-electron chi connectivity index (χ2n) is 9.02. The minimum Gasteiger partial charge on any atom is -0.490 e. The molecule has 11 heteroatoms. The highest BCUT2D eigenvalue weighted by Gasteiger charge is 2.27. The third-order valence-electron chi connectivity index (χ3n) is 4.96. The number of nitrogens with one attached hydrogen (secondary N) is 1. The van der Waals surface area contributed by atoms with Crippen LogP contribution in [0.5, 0.6) is 5.75 Å². The monoisotopic (exact) mass is 493 g/mol. The molecule has 0 saturated carbocycles. The van der Waals surface area contributed by atoms with Gasteiger partial charge >= 0.3 is 6.09 Å². The number of benzene rings is 1. The molecule has 1 aliphatic heterocycles. The van der Waals surface area contributed by atoms with Crippen molar-refractivity contribution in [3.05, 3.63) is 47.9 Å². The lowest BCUT2D eigenvalue weighted by atomic mass is 10.1. The van der Waals surface area contributed by atoms with Crippen LogP contribution in [0.2, 0.25) is 0 Å². The van der Waals surface area contributed by atoms with E-state index in [1.165, 1.54) is 12.1 Å². The van der Waals surface area contributed by atoms with E-state index in [4.69, 9.17) is 9.47 Å². The van der Waals surface area contributed by atoms with E-state index in [9.17, 15) is 22.4 Å². The first-order chi connectivity index (χ1) is 15.8. The van der Waals surface area contributed by atoms with Crippen LogP contribution in [0.3, 0.4) is 0 Å². The lowest BCUT2D eigenvalue weighted by Gasteiger charge is -2.33. The van der Waals surface area contributed by atoms with E-state index < -0.39 is 32.3 Å². The number of pyridine rings is 1. The number of hydrogen-bond donors (Lipinski definition) is 1. The van der Waals surface area contributed by atoms with Crippen molar-refractivity contribution in [3.63, 3.8) is 0 Å². The predicted molar refractivity (Wildman–Crippen MR) is 123 cm³/mol. The zero-order chi connectivity index (χ0) is 25.1. The van der Waals surface area contributed by atoms with Crippen molar-refractivity contribution >= 4 is 27.5 Å². The molecule has 1 saturated heterocycles. The van der Waals surface area contributed by atoms with Crippen molar-refractivity contribution in [2.24, 2.45) is 0 Å². The molecule has 9 nitrogen and oxygen atoms in total. The molecular formula is C23H28FN3O6S. The molecule has 0 unspecified atom stereocenters. The van der Waals surface area contributed by atoms with Crippen LogP contribution in [-0.4, -0.2) is 61.4 Å². The number of carbonyl (C=O) groups is 2. The molecule has 0 aliphatic carbocycles. The molecule has 1 aromatic heterocycles. The molecule has 0 atom stereocenters. The fourth-order valence-corrected chi connectivity index (χ4v) is 3.83. The summed E-state index contributed by atoms with van der Waals surface area (Å²) in [7, 11) is -3.66. The summed E-state index contributed by atoms with van der Waals surface area (Å²) in [5, 5.41) is 1.96. The van der Waals surface area contributed by atoms with Gasteiger partial charge in [-0.15, -0.1) is 0 Å². The Balaban J connectivity index is 1.54. The smallest absolute Gasteiger partial charge is 0.410 e. The molecule has 184 valence electrons. The van der Waals surface area contributed by atoms with Crippen molar-refractivity contribution in [2.75, 3.05) is 24.7 Å². The third-order valence-corrected chi connectivity index (χ3v) is 5.95. The second-order valence-corrected chi connectivity index (χ2v) is 11.0. The van der Waals surface area contributed by atoms with Gasteiger partial charge in [0.15, 0.2) is 14.9 Å². The van der Waals surface area contributed by atoms with Gasteiger partial charge in [-0.2, -0.15) is 4.39 Å². The van der Waals surface area contributed by atoms with Crippen LogP contribution >= 0.6 is 0 Å². The van der Waals surface area contributed by atoms with Gasteiger partial charge in [0, 0.05) is 37.8 Å². The van der Waals surface area contributed by atoms with Gasteiger partial charge in [0.2, 0.25) is 5.95 Å². The molecule has 0 bridgehead atoms. The summed E-state index contributed by atoms with van der Waals surface area (Å²) in [6.45, 7) is 6.53. The summed E-state index contributed by atoms with van der Waals surface area (Å²) >= 11 is 0. The highest BCUT2D eigenvalue weighted by atomic mass is 32.2. The Morgan fingerprint density at radius 2 is 1.71 bits per heavy atom. The van der Waals surface area contributed by atoms with Gasteiger partial charge in [-0.25, -0.2) is 18.2 Å². The number of sulfone groups is 1. The first-order valence-electron chi connectivity index (χ1n) is 10.7. The van der Waals surface area contributed by atoms with Gasteiger partial charge in [0.05, 0.1) is 5.69 Å². The molecule has 1 aromatic carbocycles. The zero-order valence-electron chi connectivity index (χ0n) is 19.5. The summed E-state index contributed by atoms with van der Waals surface area (Å²) in [5.41, 5.74) is -0.506. The first-order valence-corrected chi connectivity index (χ1v) is 12.6. The van der Waals surface area contributed by atoms with Gasteiger partial charge in [-0.1, -0.05) is 0 Å². The van der Waals surface area contributed by atoms with Crippen LogP contribution in [0.15, 0.2) is 41.4 Å². The quantitative estimate of drug-likeness (QED) is 0.632. The Hall–Kier alpha value is -3.21. The van der Waals surface area contributed by atoms with Crippen molar-refractivity contribution in [3.8, 4) is 5.75 Å². The molecule has 1 aliphatic rings. The largest absolute Gasteiger partial charge is 0.490 e. The lowest BCUT2D eigenvalue weighted by molar-refractivity contribution is 0.0126. The number of aromatic nitrogens is 1. The maximum atomic E-state index is 14.1. The van der Waals surface area contributed by atoms with Crippen molar-refractivity contribution in [2.45, 2.75) is 50.3 Å². The normalized spacial score (nSPS) is 15.0. The average molecular weight is 494 g/mol. The molecule has 2 heterocycles. The van der Waals surface area contributed by atoms with Crippen molar-refractivity contribution in [1.29, 1.82) is 0 Å². The van der Waals surface area contributed by atoms with Gasteiger partial charge < -0.3 is 19.7 Å². The lowest BCUT2D eigenvalue weighted by Crippen LogP contribution is -2.44. The fourth-order valence-electron chi connectivity index (χ4n) is 3.27. The number of likely N-dealkylation sites (tertiary alicyclic amines) is 1. The number of nitrogens with zero attached hydrogens (tertiary/aromatic N) is 2. The summed E-state index contributed by atoms with van der Waals surface area (Å²) < 4.78 is 48.4. The Morgan fingerprint density at radius 3 is 2.24 bits per heavy atom. The van der Waals surface area contributed by atoms with Crippen LogP contribution in [0.25, 0.3) is 0 Å². The number of rotatable bonds is 5. The number of ether oxygens (including phenoxy) is 2. The van der Waals surface area contributed by atoms with Gasteiger partial charge in [0.25, 0.3) is 5.91 Å². The van der Waals surface area contributed by atoms with E-state index in [-0.39, 0.29) is 23.4 Å². The third kappa shape index (κ3) is 6.89. The average Bonchev–Trinajstić information content (AvgIpc) is 2.74. The maximum absolute atomic E-state index is 14.1. The number of amides is 2. The number of piperidine rings is 1. The minimum atomic E-state index is -3.66. The van der Waals surface area contributed by atoms with Gasteiger partial charge in [0.1, 0.15) is 17.5 Å². The Labute approximate surface area is 198 Å². The number of hydrogen-bond acceptors (Lipinski definition) is 7. The molecule has 0 spiro atoms. The predicted octanol–water partition coefficient (Wildman–Crippen LogP) is 3.65. The van der Waals surface area contributed by atoms with Gasteiger partial charge in [-0.3, -0.25) is 4.79 Å². The summed E-state index contributed by atoms with van der Waals surface area (Å²) in [6.07, 6.45) is 1.81. The van der Waals surface area contributed by atoms with E-state index in [2.05, 4.69) is 10.3 Å². The highest BCUT2D eigenvalue weighted by Crippen LogP contribution is 2.22. The molecule has 2 aromatic rings. The Morgan fingerprint density at radius 1 is 1.09 bits per heavy atom. The molecule has 34 heavy (non-hydrogen) atoms. The van der Waals surface area contributed by atoms with Crippen LogP contribution < -0.4 is 10.1 Å². The van der Waals surface area contributed by atoms with Crippen molar-refractivity contribution < 1.29 is 31.9 Å². The topological polar surface area (TPSA) is 115 Å². The molecule has 1 fully saturated rings. The molecule has 3 rings (SSSR count).